The zero-order valence-electron chi connectivity index (χ0n) is 15.7. The van der Waals surface area contributed by atoms with Gasteiger partial charge in [-0.15, -0.1) is 0 Å². The lowest BCUT2D eigenvalue weighted by atomic mass is 10.1. The van der Waals surface area contributed by atoms with Gasteiger partial charge in [-0.1, -0.05) is 17.7 Å². The zero-order chi connectivity index (χ0) is 23.0. The molecule has 3 rings (SSSR count). The molecule has 2 aromatic rings. The summed E-state index contributed by atoms with van der Waals surface area (Å²) < 4.78 is 105. The van der Waals surface area contributed by atoms with Crippen LogP contribution in [0.3, 0.4) is 0 Å². The topological polar surface area (TPSA) is 53.5 Å². The molecule has 0 unspecified atom stereocenters. The first-order valence-corrected chi connectivity index (χ1v) is 10.7. The predicted molar refractivity (Wildman–Crippen MR) is 99.7 cm³/mol. The molecule has 170 valence electrons. The van der Waals surface area contributed by atoms with Crippen molar-refractivity contribution in [2.75, 3.05) is 26.2 Å². The first-order chi connectivity index (χ1) is 14.3. The second-order valence-corrected chi connectivity index (χ2v) is 9.17. The van der Waals surface area contributed by atoms with Gasteiger partial charge in [-0.3, -0.25) is 4.90 Å². The van der Waals surface area contributed by atoms with Gasteiger partial charge in [0.15, 0.2) is 0 Å². The highest BCUT2D eigenvalue weighted by Gasteiger charge is 2.39. The molecule has 0 spiro atoms. The van der Waals surface area contributed by atoms with Crippen molar-refractivity contribution in [3.8, 4) is 0 Å². The Hall–Kier alpha value is -1.89. The lowest BCUT2D eigenvalue weighted by Crippen LogP contribution is -2.48. The lowest BCUT2D eigenvalue weighted by molar-refractivity contribution is -0.143. The van der Waals surface area contributed by atoms with Crippen LogP contribution in [0.4, 0.5) is 26.3 Å². The van der Waals surface area contributed by atoms with Crippen LogP contribution in [0, 0.1) is 0 Å². The summed E-state index contributed by atoms with van der Waals surface area (Å²) >= 11 is 6.00. The fraction of sp³-hybridized carbons (Fsp3) is 0.389. The molecular weight excluding hydrogens is 472 g/mol. The molecule has 1 fully saturated rings. The van der Waals surface area contributed by atoms with Crippen molar-refractivity contribution in [3.63, 3.8) is 0 Å². The van der Waals surface area contributed by atoms with Crippen LogP contribution in [0.25, 0.3) is 0 Å². The van der Waals surface area contributed by atoms with E-state index in [0.29, 0.717) is 17.3 Å². The summed E-state index contributed by atoms with van der Waals surface area (Å²) in [5.41, 5.74) is -2.63. The molecule has 1 saturated heterocycles. The van der Waals surface area contributed by atoms with Gasteiger partial charge < -0.3 is 0 Å². The number of piperazine rings is 1. The van der Waals surface area contributed by atoms with E-state index in [0.717, 1.165) is 4.31 Å². The molecular formula is C18H16ClF6N3O2S. The molecule has 0 saturated carbocycles. The van der Waals surface area contributed by atoms with E-state index >= 15 is 0 Å². The molecule has 0 atom stereocenters. The number of halogens is 7. The van der Waals surface area contributed by atoms with Gasteiger partial charge in [0.2, 0.25) is 10.0 Å². The normalized spacial score (nSPS) is 17.1. The second kappa shape index (κ2) is 8.57. The first kappa shape index (κ1) is 23.8. The summed E-state index contributed by atoms with van der Waals surface area (Å²) in [7, 11) is -4.56. The Kier molecular flexibility index (Phi) is 6.57. The first-order valence-electron chi connectivity index (χ1n) is 8.90. The lowest BCUT2D eigenvalue weighted by Gasteiger charge is -2.34. The summed E-state index contributed by atoms with van der Waals surface area (Å²) in [6.07, 6.45) is -8.75. The third kappa shape index (κ3) is 5.48. The van der Waals surface area contributed by atoms with Gasteiger partial charge in [0.05, 0.1) is 16.0 Å². The van der Waals surface area contributed by atoms with Crippen LogP contribution in [0.2, 0.25) is 5.15 Å². The third-order valence-electron chi connectivity index (χ3n) is 4.76. The van der Waals surface area contributed by atoms with E-state index in [2.05, 4.69) is 4.98 Å². The molecule has 1 aliphatic heterocycles. The Balaban J connectivity index is 1.82. The monoisotopic (exact) mass is 487 g/mol. The number of nitrogens with zero attached hydrogens (tertiary/aromatic N) is 3. The van der Waals surface area contributed by atoms with E-state index in [-0.39, 0.29) is 44.4 Å². The van der Waals surface area contributed by atoms with Gasteiger partial charge in [-0.25, -0.2) is 13.4 Å². The van der Waals surface area contributed by atoms with Gasteiger partial charge >= 0.3 is 12.4 Å². The number of aromatic nitrogens is 1. The van der Waals surface area contributed by atoms with Crippen LogP contribution in [-0.4, -0.2) is 48.8 Å². The van der Waals surface area contributed by atoms with Crippen LogP contribution in [0.5, 0.6) is 0 Å². The number of rotatable bonds is 4. The van der Waals surface area contributed by atoms with Crippen LogP contribution in [0.15, 0.2) is 41.4 Å². The highest BCUT2D eigenvalue weighted by atomic mass is 35.5. The van der Waals surface area contributed by atoms with E-state index in [9.17, 15) is 34.8 Å². The second-order valence-electron chi connectivity index (χ2n) is 6.88. The summed E-state index contributed by atoms with van der Waals surface area (Å²) in [5, 5.41) is 0.293. The van der Waals surface area contributed by atoms with E-state index in [1.54, 1.807) is 12.1 Å². The quantitative estimate of drug-likeness (QED) is 0.477. The number of pyridine rings is 1. The van der Waals surface area contributed by atoms with E-state index < -0.39 is 38.4 Å². The molecule has 0 radical (unpaired) electrons. The van der Waals surface area contributed by atoms with Gasteiger partial charge in [-0.05, 0) is 24.3 Å². The van der Waals surface area contributed by atoms with Crippen molar-refractivity contribution in [2.45, 2.75) is 23.8 Å². The predicted octanol–water partition coefficient (Wildman–Crippen LogP) is 4.28. The summed E-state index contributed by atoms with van der Waals surface area (Å²) in [6.45, 7) is 0.614. The van der Waals surface area contributed by atoms with Crippen molar-refractivity contribution in [1.82, 2.24) is 14.2 Å². The van der Waals surface area contributed by atoms with Crippen molar-refractivity contribution in [2.24, 2.45) is 0 Å². The number of alkyl halides is 6. The van der Waals surface area contributed by atoms with Gasteiger partial charge in [-0.2, -0.15) is 30.6 Å². The number of sulfonamides is 1. The molecule has 1 aromatic carbocycles. The maximum Gasteiger partial charge on any atom is 0.416 e. The smallest absolute Gasteiger partial charge is 0.296 e. The summed E-state index contributed by atoms with van der Waals surface area (Å²) in [6, 6.07) is 3.79. The maximum atomic E-state index is 13.1. The van der Waals surface area contributed by atoms with Crippen LogP contribution >= 0.6 is 11.6 Å². The highest BCUT2D eigenvalue weighted by molar-refractivity contribution is 7.89. The fourth-order valence-corrected chi connectivity index (χ4v) is 4.80. The molecule has 2 heterocycles. The van der Waals surface area contributed by atoms with E-state index in [1.165, 1.54) is 6.20 Å². The van der Waals surface area contributed by atoms with Crippen molar-refractivity contribution in [1.29, 1.82) is 0 Å². The highest BCUT2D eigenvalue weighted by Crippen LogP contribution is 2.37. The zero-order valence-corrected chi connectivity index (χ0v) is 17.3. The molecule has 0 amide bonds. The Morgan fingerprint density at radius 1 is 0.935 bits per heavy atom. The largest absolute Gasteiger partial charge is 0.416 e. The molecule has 13 heteroatoms. The van der Waals surface area contributed by atoms with E-state index in [4.69, 9.17) is 11.6 Å². The van der Waals surface area contributed by atoms with Crippen LogP contribution < -0.4 is 0 Å². The molecule has 1 aromatic heterocycles. The fourth-order valence-electron chi connectivity index (χ4n) is 3.13. The number of hydrogen-bond acceptors (Lipinski definition) is 4. The Morgan fingerprint density at radius 3 is 1.97 bits per heavy atom. The Morgan fingerprint density at radius 2 is 1.48 bits per heavy atom. The molecule has 1 aliphatic rings. The number of hydrogen-bond donors (Lipinski definition) is 0. The van der Waals surface area contributed by atoms with Crippen molar-refractivity contribution >= 4 is 21.6 Å². The minimum atomic E-state index is -5.13. The molecule has 0 bridgehead atoms. The maximum absolute atomic E-state index is 13.1. The Labute approximate surface area is 179 Å². The standard InChI is InChI=1S/C18H16ClF6N3O2S/c19-16-12(2-1-3-26-16)11-27-4-6-28(7-5-27)31(29,30)15-9-13(17(20,21)22)8-14(10-15)18(23,24)25/h1-3,8-10H,4-7,11H2. The van der Waals surface area contributed by atoms with Crippen LogP contribution in [-0.2, 0) is 28.9 Å². The van der Waals surface area contributed by atoms with Gasteiger partial charge in [0.1, 0.15) is 5.15 Å². The SMILES string of the molecule is O=S(=O)(c1cc(C(F)(F)F)cc(C(F)(F)F)c1)N1CCN(Cc2cccnc2Cl)CC1. The minimum absolute atomic E-state index is 0.0994. The van der Waals surface area contributed by atoms with Gasteiger partial charge in [0.25, 0.3) is 0 Å². The summed E-state index contributed by atoms with van der Waals surface area (Å²) in [5.74, 6) is 0. The van der Waals surface area contributed by atoms with Gasteiger partial charge in [0, 0.05) is 44.5 Å². The van der Waals surface area contributed by atoms with Crippen molar-refractivity contribution in [3.05, 3.63) is 58.4 Å². The summed E-state index contributed by atoms with van der Waals surface area (Å²) in [4.78, 5) is 4.76. The third-order valence-corrected chi connectivity index (χ3v) is 6.98. The number of benzene rings is 1. The van der Waals surface area contributed by atoms with Crippen molar-refractivity contribution < 1.29 is 34.8 Å². The molecule has 31 heavy (non-hydrogen) atoms. The molecule has 0 N–H and O–H groups in total. The van der Waals surface area contributed by atoms with E-state index in [1.807, 2.05) is 4.90 Å². The Bertz CT molecular complexity index is 1020. The molecule has 0 aliphatic carbocycles. The molecule has 5 nitrogen and oxygen atoms in total. The minimum Gasteiger partial charge on any atom is -0.296 e. The van der Waals surface area contributed by atoms with Crippen LogP contribution in [0.1, 0.15) is 16.7 Å². The average Bonchev–Trinajstić information content (AvgIpc) is 2.68. The average molecular weight is 488 g/mol.